The summed E-state index contributed by atoms with van der Waals surface area (Å²) in [7, 11) is 0. The minimum atomic E-state index is -0.425. The molecule has 0 fully saturated rings. The normalized spacial score (nSPS) is 10.6. The third kappa shape index (κ3) is 4.08. The Kier molecular flexibility index (Phi) is 5.31. The molecule has 6 nitrogen and oxygen atoms in total. The van der Waals surface area contributed by atoms with Crippen LogP contribution >= 0.6 is 0 Å². The molecular formula is C20H20N2O4. The second-order valence-corrected chi connectivity index (χ2v) is 5.89. The van der Waals surface area contributed by atoms with Crippen molar-refractivity contribution in [1.82, 2.24) is 10.1 Å². The highest BCUT2D eigenvalue weighted by Gasteiger charge is 2.15. The lowest BCUT2D eigenvalue weighted by molar-refractivity contribution is 0.0429. The lowest BCUT2D eigenvalue weighted by Crippen LogP contribution is -2.06. The largest absolute Gasteiger partial charge is 0.493 e. The van der Waals surface area contributed by atoms with Gasteiger partial charge in [0.25, 0.3) is 5.89 Å². The third-order valence-corrected chi connectivity index (χ3v) is 3.68. The number of esters is 1. The van der Waals surface area contributed by atoms with Crippen LogP contribution in [0.15, 0.2) is 47.0 Å². The summed E-state index contributed by atoms with van der Waals surface area (Å²) in [4.78, 5) is 16.5. The minimum absolute atomic E-state index is 0.0877. The summed E-state index contributed by atoms with van der Waals surface area (Å²) in [5.41, 5.74) is 3.24. The molecule has 3 rings (SSSR count). The Balaban J connectivity index is 1.70. The van der Waals surface area contributed by atoms with Gasteiger partial charge in [0.05, 0.1) is 17.7 Å². The van der Waals surface area contributed by atoms with Gasteiger partial charge in [-0.15, -0.1) is 0 Å². The van der Waals surface area contributed by atoms with Crippen molar-refractivity contribution in [3.8, 4) is 17.1 Å². The van der Waals surface area contributed by atoms with Crippen LogP contribution in [0.2, 0.25) is 0 Å². The summed E-state index contributed by atoms with van der Waals surface area (Å²) in [5, 5.41) is 3.95. The van der Waals surface area contributed by atoms with Crippen LogP contribution in [0.25, 0.3) is 11.4 Å². The molecule has 3 aromatic rings. The zero-order valence-corrected chi connectivity index (χ0v) is 15.0. The molecule has 0 atom stereocenters. The summed E-state index contributed by atoms with van der Waals surface area (Å²) >= 11 is 0. The van der Waals surface area contributed by atoms with Gasteiger partial charge in [-0.05, 0) is 45.0 Å². The number of hydrogen-bond donors (Lipinski definition) is 0. The molecule has 0 unspecified atom stereocenters. The third-order valence-electron chi connectivity index (χ3n) is 3.68. The Bertz CT molecular complexity index is 897. The van der Waals surface area contributed by atoms with Gasteiger partial charge in [0.1, 0.15) is 5.75 Å². The van der Waals surface area contributed by atoms with Crippen LogP contribution in [-0.4, -0.2) is 22.7 Å². The first-order chi connectivity index (χ1) is 12.6. The highest BCUT2D eigenvalue weighted by atomic mass is 16.6. The highest BCUT2D eigenvalue weighted by Crippen LogP contribution is 2.27. The topological polar surface area (TPSA) is 74.5 Å². The molecule has 6 heteroatoms. The van der Waals surface area contributed by atoms with Crippen molar-refractivity contribution in [3.05, 3.63) is 65.0 Å². The van der Waals surface area contributed by atoms with Crippen molar-refractivity contribution in [1.29, 1.82) is 0 Å². The maximum Gasteiger partial charge on any atom is 0.338 e. The van der Waals surface area contributed by atoms with Crippen LogP contribution in [0.4, 0.5) is 0 Å². The number of carbonyl (C=O) groups is 1. The Morgan fingerprint density at radius 1 is 1.12 bits per heavy atom. The fourth-order valence-corrected chi connectivity index (χ4v) is 2.66. The maximum atomic E-state index is 12.2. The Labute approximate surface area is 151 Å². The van der Waals surface area contributed by atoms with E-state index in [2.05, 4.69) is 10.1 Å². The standard InChI is InChI=1S/C20H20N2O4/c1-4-24-17-8-6-5-7-16(17)19-21-18(26-22-19)12-25-20(23)15-10-13(2)9-14(3)11-15/h5-11H,4,12H2,1-3H3. The lowest BCUT2D eigenvalue weighted by Gasteiger charge is -2.06. The molecule has 0 aliphatic heterocycles. The van der Waals surface area contributed by atoms with Crippen molar-refractivity contribution in [2.75, 3.05) is 6.61 Å². The summed E-state index contributed by atoms with van der Waals surface area (Å²) < 4.78 is 16.0. The molecule has 0 aliphatic carbocycles. The van der Waals surface area contributed by atoms with E-state index in [1.807, 2.05) is 51.1 Å². The van der Waals surface area contributed by atoms with Crippen molar-refractivity contribution >= 4 is 5.97 Å². The van der Waals surface area contributed by atoms with Crippen LogP contribution in [0.5, 0.6) is 5.75 Å². The predicted molar refractivity (Wildman–Crippen MR) is 95.9 cm³/mol. The average Bonchev–Trinajstić information content (AvgIpc) is 3.08. The van der Waals surface area contributed by atoms with Crippen LogP contribution < -0.4 is 4.74 Å². The van der Waals surface area contributed by atoms with Gasteiger partial charge in [0.15, 0.2) is 6.61 Å². The van der Waals surface area contributed by atoms with Crippen molar-refractivity contribution in [2.45, 2.75) is 27.4 Å². The number of para-hydroxylation sites is 1. The Morgan fingerprint density at radius 3 is 2.58 bits per heavy atom. The molecule has 0 bridgehead atoms. The summed E-state index contributed by atoms with van der Waals surface area (Å²) in [6.07, 6.45) is 0. The SMILES string of the molecule is CCOc1ccccc1-c1noc(COC(=O)c2cc(C)cc(C)c2)n1. The number of carbonyl (C=O) groups excluding carboxylic acids is 1. The molecule has 26 heavy (non-hydrogen) atoms. The second kappa shape index (κ2) is 7.82. The van der Waals surface area contributed by atoms with E-state index in [-0.39, 0.29) is 12.5 Å². The molecule has 1 aromatic heterocycles. The van der Waals surface area contributed by atoms with Crippen molar-refractivity contribution < 1.29 is 18.8 Å². The predicted octanol–water partition coefficient (Wildman–Crippen LogP) is 4.11. The Morgan fingerprint density at radius 2 is 1.85 bits per heavy atom. The number of ether oxygens (including phenoxy) is 2. The molecule has 0 radical (unpaired) electrons. The van der Waals surface area contributed by atoms with Crippen LogP contribution in [0.3, 0.4) is 0 Å². The van der Waals surface area contributed by atoms with Gasteiger partial charge in [-0.2, -0.15) is 4.98 Å². The first-order valence-corrected chi connectivity index (χ1v) is 8.37. The molecule has 0 saturated heterocycles. The van der Waals surface area contributed by atoms with E-state index in [0.29, 0.717) is 23.7 Å². The minimum Gasteiger partial charge on any atom is -0.493 e. The molecule has 134 valence electrons. The summed E-state index contributed by atoms with van der Waals surface area (Å²) in [6, 6.07) is 13.0. The number of hydrogen-bond acceptors (Lipinski definition) is 6. The zero-order chi connectivity index (χ0) is 18.5. The molecule has 0 saturated carbocycles. The average molecular weight is 352 g/mol. The number of aromatic nitrogens is 2. The van der Waals surface area contributed by atoms with E-state index >= 15 is 0 Å². The van der Waals surface area contributed by atoms with E-state index in [1.54, 1.807) is 12.1 Å². The molecule has 0 aliphatic rings. The highest BCUT2D eigenvalue weighted by molar-refractivity contribution is 5.89. The molecular weight excluding hydrogens is 332 g/mol. The van der Waals surface area contributed by atoms with Gasteiger partial charge >= 0.3 is 5.97 Å². The monoisotopic (exact) mass is 352 g/mol. The van der Waals surface area contributed by atoms with E-state index in [4.69, 9.17) is 14.0 Å². The zero-order valence-electron chi connectivity index (χ0n) is 15.0. The van der Waals surface area contributed by atoms with Crippen LogP contribution in [0, 0.1) is 13.8 Å². The van der Waals surface area contributed by atoms with Gasteiger partial charge in [-0.1, -0.05) is 34.5 Å². The molecule has 0 amide bonds. The van der Waals surface area contributed by atoms with Gasteiger partial charge in [0, 0.05) is 0 Å². The van der Waals surface area contributed by atoms with E-state index in [0.717, 1.165) is 16.7 Å². The molecule has 2 aromatic carbocycles. The quantitative estimate of drug-likeness (QED) is 0.622. The molecule has 1 heterocycles. The van der Waals surface area contributed by atoms with E-state index < -0.39 is 5.97 Å². The van der Waals surface area contributed by atoms with E-state index in [9.17, 15) is 4.79 Å². The van der Waals surface area contributed by atoms with E-state index in [1.165, 1.54) is 0 Å². The van der Waals surface area contributed by atoms with Gasteiger partial charge in [-0.25, -0.2) is 4.79 Å². The fraction of sp³-hybridized carbons (Fsp3) is 0.250. The Hall–Kier alpha value is -3.15. The van der Waals surface area contributed by atoms with Crippen LogP contribution in [-0.2, 0) is 11.3 Å². The number of nitrogens with zero attached hydrogens (tertiary/aromatic N) is 2. The summed E-state index contributed by atoms with van der Waals surface area (Å²) in [5.74, 6) is 0.872. The second-order valence-electron chi connectivity index (χ2n) is 5.89. The fourth-order valence-electron chi connectivity index (χ4n) is 2.66. The first kappa shape index (κ1) is 17.7. The lowest BCUT2D eigenvalue weighted by atomic mass is 10.1. The maximum absolute atomic E-state index is 12.2. The van der Waals surface area contributed by atoms with Gasteiger partial charge in [-0.3, -0.25) is 0 Å². The summed E-state index contributed by atoms with van der Waals surface area (Å²) in [6.45, 7) is 6.23. The smallest absolute Gasteiger partial charge is 0.338 e. The van der Waals surface area contributed by atoms with Gasteiger partial charge in [0.2, 0.25) is 5.82 Å². The first-order valence-electron chi connectivity index (χ1n) is 8.37. The number of benzene rings is 2. The number of rotatable bonds is 6. The van der Waals surface area contributed by atoms with Crippen molar-refractivity contribution in [3.63, 3.8) is 0 Å². The van der Waals surface area contributed by atoms with Crippen LogP contribution in [0.1, 0.15) is 34.3 Å². The molecule has 0 N–H and O–H groups in total. The number of aryl methyl sites for hydroxylation is 2. The van der Waals surface area contributed by atoms with Gasteiger partial charge < -0.3 is 14.0 Å². The molecule has 0 spiro atoms. The van der Waals surface area contributed by atoms with Crippen molar-refractivity contribution in [2.24, 2.45) is 0 Å².